The molecule has 0 saturated carbocycles. The van der Waals surface area contributed by atoms with Gasteiger partial charge in [-0.05, 0) is 44.2 Å². The number of carbonyl (C=O) groups is 5. The molecule has 1 unspecified atom stereocenters. The molecule has 2 heterocycles. The largest absolute Gasteiger partial charge is 0.476 e. The third-order valence-electron chi connectivity index (χ3n) is 8.02. The molecule has 1 saturated heterocycles. The van der Waals surface area contributed by atoms with Gasteiger partial charge in [0.15, 0.2) is 18.5 Å². The van der Waals surface area contributed by atoms with Crippen LogP contribution in [0.4, 0.5) is 0 Å². The van der Waals surface area contributed by atoms with E-state index < -0.39 is 42.0 Å². The molecule has 2 amide bonds. The molecule has 5 atom stereocenters. The van der Waals surface area contributed by atoms with E-state index in [4.69, 9.17) is 9.47 Å². The summed E-state index contributed by atoms with van der Waals surface area (Å²) in [7, 11) is 1.91. The van der Waals surface area contributed by atoms with Crippen molar-refractivity contribution in [3.8, 4) is 0 Å². The van der Waals surface area contributed by atoms with Crippen molar-refractivity contribution in [2.45, 2.75) is 111 Å². The van der Waals surface area contributed by atoms with Crippen molar-refractivity contribution in [1.29, 1.82) is 0 Å². The van der Waals surface area contributed by atoms with Crippen LogP contribution in [0.25, 0.3) is 0 Å². The number of carbonyl (C=O) groups excluding carboxylic acids is 4. The van der Waals surface area contributed by atoms with Gasteiger partial charge in [-0.25, -0.2) is 9.78 Å². The monoisotopic (exact) mass is 638 g/mol. The van der Waals surface area contributed by atoms with Gasteiger partial charge >= 0.3 is 17.9 Å². The fraction of sp³-hybridized carbons (Fsp3) is 0.742. The summed E-state index contributed by atoms with van der Waals surface area (Å²) in [4.78, 5) is 71.8. The van der Waals surface area contributed by atoms with E-state index in [9.17, 15) is 29.1 Å². The van der Waals surface area contributed by atoms with Gasteiger partial charge in [-0.15, -0.1) is 11.3 Å². The zero-order valence-electron chi connectivity index (χ0n) is 27.3. The van der Waals surface area contributed by atoms with Crippen molar-refractivity contribution in [1.82, 2.24) is 20.1 Å². The minimum absolute atomic E-state index is 0.0499. The first-order chi connectivity index (χ1) is 20.7. The van der Waals surface area contributed by atoms with Crippen molar-refractivity contribution in [2.75, 3.05) is 20.3 Å². The van der Waals surface area contributed by atoms with E-state index in [2.05, 4.69) is 10.3 Å². The van der Waals surface area contributed by atoms with E-state index in [0.717, 1.165) is 30.7 Å². The Bertz CT molecular complexity index is 1140. The first-order valence-electron chi connectivity index (χ1n) is 15.5. The number of aromatic carboxylic acids is 1. The van der Waals surface area contributed by atoms with Crippen molar-refractivity contribution < 1.29 is 38.6 Å². The molecular weight excluding hydrogens is 588 g/mol. The number of hydrogen-bond donors (Lipinski definition) is 2. The Labute approximate surface area is 264 Å². The number of nitrogens with one attached hydrogen (secondary N) is 1. The highest BCUT2D eigenvalue weighted by atomic mass is 32.1. The van der Waals surface area contributed by atoms with Gasteiger partial charge in [-0.3, -0.25) is 24.1 Å². The number of ether oxygens (including phenoxy) is 2. The predicted octanol–water partition coefficient (Wildman–Crippen LogP) is 4.25. The maximum absolute atomic E-state index is 14.5. The highest BCUT2D eigenvalue weighted by Gasteiger charge is 2.39. The van der Waals surface area contributed by atoms with Crippen LogP contribution in [0.1, 0.15) is 109 Å². The summed E-state index contributed by atoms with van der Waals surface area (Å²) in [6.07, 6.45) is 2.53. The highest BCUT2D eigenvalue weighted by Crippen LogP contribution is 2.31. The number of carboxylic acid groups (broad SMARTS) is 1. The van der Waals surface area contributed by atoms with Gasteiger partial charge in [-0.2, -0.15) is 0 Å². The molecule has 1 fully saturated rings. The van der Waals surface area contributed by atoms with Gasteiger partial charge in [0.25, 0.3) is 0 Å². The second-order valence-corrected chi connectivity index (χ2v) is 13.3. The average Bonchev–Trinajstić information content (AvgIpc) is 3.44. The molecule has 44 heavy (non-hydrogen) atoms. The minimum Gasteiger partial charge on any atom is -0.476 e. The third-order valence-corrected chi connectivity index (χ3v) is 8.96. The Morgan fingerprint density at radius 3 is 2.36 bits per heavy atom. The molecule has 248 valence electrons. The molecule has 1 aliphatic heterocycles. The van der Waals surface area contributed by atoms with Gasteiger partial charge in [0, 0.05) is 31.2 Å². The number of hydrogen-bond acceptors (Lipinski definition) is 10. The fourth-order valence-corrected chi connectivity index (χ4v) is 6.12. The number of nitrogens with zero attached hydrogens (tertiary/aromatic N) is 3. The van der Waals surface area contributed by atoms with Crippen LogP contribution in [0.2, 0.25) is 0 Å². The number of thiazole rings is 1. The van der Waals surface area contributed by atoms with Crippen molar-refractivity contribution in [3.63, 3.8) is 0 Å². The van der Waals surface area contributed by atoms with E-state index in [1.807, 2.05) is 53.5 Å². The van der Waals surface area contributed by atoms with E-state index in [0.29, 0.717) is 12.8 Å². The fourth-order valence-electron chi connectivity index (χ4n) is 5.29. The summed E-state index contributed by atoms with van der Waals surface area (Å²) < 4.78 is 11.2. The number of piperidine rings is 1. The molecular formula is C31H50N4O8S. The molecule has 0 bridgehead atoms. The smallest absolute Gasteiger partial charge is 0.355 e. The summed E-state index contributed by atoms with van der Waals surface area (Å²) in [6.45, 7) is 13.1. The Balaban J connectivity index is 2.49. The van der Waals surface area contributed by atoms with E-state index in [1.165, 1.54) is 17.2 Å². The van der Waals surface area contributed by atoms with Gasteiger partial charge in [0.1, 0.15) is 11.0 Å². The third kappa shape index (κ3) is 10.8. The van der Waals surface area contributed by atoms with Crippen LogP contribution in [-0.2, 0) is 28.7 Å². The lowest BCUT2D eigenvalue weighted by molar-refractivity contribution is -0.160. The number of amides is 2. The van der Waals surface area contributed by atoms with E-state index in [-0.39, 0.29) is 60.0 Å². The highest BCUT2D eigenvalue weighted by molar-refractivity contribution is 7.09. The molecule has 13 heteroatoms. The maximum Gasteiger partial charge on any atom is 0.355 e. The molecule has 2 N–H and O–H groups in total. The van der Waals surface area contributed by atoms with Gasteiger partial charge in [0.05, 0.1) is 6.04 Å². The Hall–Kier alpha value is -3.06. The molecule has 0 radical (unpaired) electrons. The topological polar surface area (TPSA) is 155 Å². The van der Waals surface area contributed by atoms with Crippen molar-refractivity contribution in [2.24, 2.45) is 17.8 Å². The molecule has 0 aliphatic carbocycles. The van der Waals surface area contributed by atoms with Crippen LogP contribution in [0.15, 0.2) is 5.38 Å². The molecule has 12 nitrogen and oxygen atoms in total. The first-order valence-corrected chi connectivity index (χ1v) is 16.4. The zero-order valence-corrected chi connectivity index (χ0v) is 28.1. The summed E-state index contributed by atoms with van der Waals surface area (Å²) in [6, 6.07) is -1.86. The number of rotatable bonds is 16. The van der Waals surface area contributed by atoms with Crippen LogP contribution in [-0.4, -0.2) is 88.1 Å². The van der Waals surface area contributed by atoms with Crippen molar-refractivity contribution >= 4 is 41.1 Å². The number of esters is 2. The lowest BCUT2D eigenvalue weighted by atomic mass is 9.92. The normalized spacial score (nSPS) is 18.3. The molecule has 0 aromatic carbocycles. The van der Waals surface area contributed by atoms with Crippen LogP contribution in [0, 0.1) is 17.8 Å². The minimum atomic E-state index is -1.21. The van der Waals surface area contributed by atoms with E-state index >= 15 is 0 Å². The van der Waals surface area contributed by atoms with Crippen LogP contribution in [0.3, 0.4) is 0 Å². The summed E-state index contributed by atoms with van der Waals surface area (Å²) >= 11 is 1.05. The zero-order chi connectivity index (χ0) is 33.1. The summed E-state index contributed by atoms with van der Waals surface area (Å²) in [5, 5.41) is 14.1. The van der Waals surface area contributed by atoms with E-state index in [1.54, 1.807) is 0 Å². The second kappa shape index (κ2) is 17.4. The first kappa shape index (κ1) is 37.1. The van der Waals surface area contributed by atoms with Gasteiger partial charge < -0.3 is 24.8 Å². The van der Waals surface area contributed by atoms with Gasteiger partial charge in [-0.1, -0.05) is 54.4 Å². The summed E-state index contributed by atoms with van der Waals surface area (Å²) in [5.74, 6) is -3.28. The molecule has 1 aromatic rings. The number of likely N-dealkylation sites (tertiary alicyclic amines) is 1. The molecule has 1 aromatic heterocycles. The van der Waals surface area contributed by atoms with Crippen LogP contribution >= 0.6 is 11.3 Å². The average molecular weight is 639 g/mol. The molecule has 0 spiro atoms. The SMILES string of the molecule is CC[C@H](C)[C@H](NC(=O)[C@H]1CCCCN1C)C(=O)N(COC(=O)CC(C)C)C(C[C@@H](OC(C)=O)c1nc(C(=O)O)cs1)C(C)C. The number of likely N-dealkylation sites (N-methyl/N-ethyl adjacent to an activating group) is 1. The standard InChI is InChI=1S/C31H50N4O8S/c1-9-20(6)27(33-28(38)23-12-10-11-13-34(23)8)30(39)35(17-42-26(37)14-18(2)3)24(19(4)5)15-25(43-21(7)36)29-32-22(16-44-29)31(40)41/h16,18-20,23-25,27H,9-15,17H2,1-8H3,(H,33,38)(H,40,41)/t20-,23+,24?,25+,27-/m0/s1. The second-order valence-electron chi connectivity index (χ2n) is 12.4. The summed E-state index contributed by atoms with van der Waals surface area (Å²) in [5.41, 5.74) is -0.175. The predicted molar refractivity (Wildman–Crippen MR) is 166 cm³/mol. The quantitative estimate of drug-likeness (QED) is 0.198. The lowest BCUT2D eigenvalue weighted by Crippen LogP contribution is -2.59. The van der Waals surface area contributed by atoms with Crippen LogP contribution < -0.4 is 5.32 Å². The van der Waals surface area contributed by atoms with Crippen molar-refractivity contribution in [3.05, 3.63) is 16.1 Å². The van der Waals surface area contributed by atoms with Crippen LogP contribution in [0.5, 0.6) is 0 Å². The molecule has 1 aliphatic rings. The lowest BCUT2D eigenvalue weighted by Gasteiger charge is -2.39. The Kier molecular flexibility index (Phi) is 14.7. The molecule has 2 rings (SSSR count). The van der Waals surface area contributed by atoms with Gasteiger partial charge in [0.2, 0.25) is 11.8 Å². The number of carboxylic acids is 1. The number of aromatic nitrogens is 1. The Morgan fingerprint density at radius 2 is 1.84 bits per heavy atom. The maximum atomic E-state index is 14.5. The Morgan fingerprint density at radius 1 is 1.16 bits per heavy atom.